The average molecular weight is 131 g/mol. The zero-order chi connectivity index (χ0) is 6.57. The number of rotatable bonds is 2. The molecule has 0 aliphatic heterocycles. The first-order chi connectivity index (χ1) is 3.66. The van der Waals surface area contributed by atoms with E-state index in [1.807, 2.05) is 13.8 Å². The van der Waals surface area contributed by atoms with Crippen LogP contribution in [0, 0.1) is 12.2 Å². The van der Waals surface area contributed by atoms with Gasteiger partial charge in [0.15, 0.2) is 5.12 Å². The summed E-state index contributed by atoms with van der Waals surface area (Å²) >= 11 is 1.06. The van der Waals surface area contributed by atoms with Crippen molar-refractivity contribution >= 4 is 16.9 Å². The summed E-state index contributed by atoms with van der Waals surface area (Å²) in [7, 11) is 0. The van der Waals surface area contributed by atoms with Crippen LogP contribution in [0.25, 0.3) is 0 Å². The molecule has 0 aliphatic rings. The quantitative estimate of drug-likeness (QED) is 0.570. The first-order valence-electron chi connectivity index (χ1n) is 2.61. The monoisotopic (exact) mass is 131 g/mol. The van der Waals surface area contributed by atoms with Crippen molar-refractivity contribution in [3.63, 3.8) is 0 Å². The molecule has 0 unspecified atom stereocenters. The van der Waals surface area contributed by atoms with Gasteiger partial charge in [-0.3, -0.25) is 4.79 Å². The van der Waals surface area contributed by atoms with Crippen LogP contribution >= 0.6 is 11.8 Å². The Labute approximate surface area is 54.8 Å². The fraction of sp³-hybridized carbons (Fsp3) is 0.667. The van der Waals surface area contributed by atoms with Crippen molar-refractivity contribution < 1.29 is 4.79 Å². The Bertz CT molecular complexity index is 78.6. The van der Waals surface area contributed by atoms with E-state index in [-0.39, 0.29) is 5.12 Å². The van der Waals surface area contributed by atoms with E-state index in [0.717, 1.165) is 11.8 Å². The average Bonchev–Trinajstić information content (AvgIpc) is 1.65. The normalized spacial score (nSPS) is 10.0. The van der Waals surface area contributed by atoms with E-state index in [0.29, 0.717) is 12.3 Å². The largest absolute Gasteiger partial charge is 0.287 e. The topological polar surface area (TPSA) is 17.1 Å². The molecule has 0 fully saturated rings. The van der Waals surface area contributed by atoms with Crippen molar-refractivity contribution in [2.75, 3.05) is 0 Å². The van der Waals surface area contributed by atoms with Crippen LogP contribution in [0.15, 0.2) is 0 Å². The number of carbonyl (C=O) groups excluding carboxylic acids is 1. The fourth-order valence-electron chi connectivity index (χ4n) is 0.392. The Morgan fingerprint density at radius 2 is 2.25 bits per heavy atom. The minimum Gasteiger partial charge on any atom is -0.287 e. The Morgan fingerprint density at radius 3 is 2.38 bits per heavy atom. The molecule has 1 nitrogen and oxygen atoms in total. The Hall–Kier alpha value is 0.0200. The van der Waals surface area contributed by atoms with Gasteiger partial charge in [0.25, 0.3) is 0 Å². The first-order valence-corrected chi connectivity index (χ1v) is 3.60. The minimum absolute atomic E-state index is 0.181. The summed E-state index contributed by atoms with van der Waals surface area (Å²) in [6.07, 6.45) is 4.05. The Morgan fingerprint density at radius 1 is 1.75 bits per heavy atom. The fourth-order valence-corrected chi connectivity index (χ4v) is 0.843. The molecule has 0 aromatic rings. The third-order valence-electron chi connectivity index (χ3n) is 0.736. The van der Waals surface area contributed by atoms with E-state index in [9.17, 15) is 4.79 Å². The van der Waals surface area contributed by atoms with Crippen LogP contribution in [0.4, 0.5) is 0 Å². The molecular weight excluding hydrogens is 120 g/mol. The van der Waals surface area contributed by atoms with Gasteiger partial charge in [-0.2, -0.15) is 0 Å². The van der Waals surface area contributed by atoms with Gasteiger partial charge in [-0.15, -0.1) is 0 Å². The van der Waals surface area contributed by atoms with Gasteiger partial charge in [-0.05, 0) is 5.92 Å². The van der Waals surface area contributed by atoms with Gasteiger partial charge >= 0.3 is 0 Å². The van der Waals surface area contributed by atoms with Crippen LogP contribution in [0.1, 0.15) is 20.3 Å². The molecule has 0 saturated heterocycles. The van der Waals surface area contributed by atoms with E-state index in [1.165, 1.54) is 0 Å². The molecular formula is C6H11OS. The second-order valence-electron chi connectivity index (χ2n) is 2.11. The standard InChI is InChI=1S/C6H11OS/c1-5(2)4-6(7)8-3/h5H,3-4H2,1-2H3. The molecule has 0 N–H and O–H groups in total. The summed E-state index contributed by atoms with van der Waals surface area (Å²) in [5, 5.41) is 0.181. The molecule has 0 aromatic carbocycles. The van der Waals surface area contributed by atoms with Crippen molar-refractivity contribution in [1.82, 2.24) is 0 Å². The van der Waals surface area contributed by atoms with Crippen LogP contribution in [0.2, 0.25) is 0 Å². The molecule has 0 spiro atoms. The van der Waals surface area contributed by atoms with Crippen molar-refractivity contribution in [3.8, 4) is 0 Å². The van der Waals surface area contributed by atoms with Gasteiger partial charge in [0.05, 0.1) is 0 Å². The third kappa shape index (κ3) is 4.19. The molecule has 47 valence electrons. The van der Waals surface area contributed by atoms with E-state index in [4.69, 9.17) is 0 Å². The molecule has 0 rings (SSSR count). The van der Waals surface area contributed by atoms with Crippen LogP contribution in [0.5, 0.6) is 0 Å². The van der Waals surface area contributed by atoms with E-state index < -0.39 is 0 Å². The van der Waals surface area contributed by atoms with Crippen LogP contribution in [-0.2, 0) is 4.79 Å². The maximum absolute atomic E-state index is 10.5. The smallest absolute Gasteiger partial charge is 0.189 e. The molecule has 0 aromatic heterocycles. The molecule has 0 atom stereocenters. The number of hydrogen-bond acceptors (Lipinski definition) is 2. The maximum atomic E-state index is 10.5. The van der Waals surface area contributed by atoms with E-state index in [1.54, 1.807) is 0 Å². The SMILES string of the molecule is [CH2]SC(=O)CC(C)C. The molecule has 0 heterocycles. The summed E-state index contributed by atoms with van der Waals surface area (Å²) in [6, 6.07) is 0. The molecule has 1 radical (unpaired) electrons. The number of thioether (sulfide) groups is 1. The molecule has 0 aliphatic carbocycles. The second kappa shape index (κ2) is 3.96. The number of carbonyl (C=O) groups is 1. The summed E-state index contributed by atoms with van der Waals surface area (Å²) in [5.41, 5.74) is 0. The zero-order valence-corrected chi connectivity index (χ0v) is 6.12. The molecule has 0 bridgehead atoms. The molecule has 2 heteroatoms. The summed E-state index contributed by atoms with van der Waals surface area (Å²) < 4.78 is 0. The molecule has 0 saturated carbocycles. The van der Waals surface area contributed by atoms with E-state index in [2.05, 4.69) is 6.26 Å². The van der Waals surface area contributed by atoms with Gasteiger partial charge in [-0.1, -0.05) is 25.6 Å². The summed E-state index contributed by atoms with van der Waals surface area (Å²) in [4.78, 5) is 10.5. The molecule has 0 amide bonds. The lowest BCUT2D eigenvalue weighted by Crippen LogP contribution is -1.95. The van der Waals surface area contributed by atoms with Crippen LogP contribution in [0.3, 0.4) is 0 Å². The second-order valence-corrected chi connectivity index (χ2v) is 2.86. The highest BCUT2D eigenvalue weighted by molar-refractivity contribution is 8.14. The predicted molar refractivity (Wildman–Crippen MR) is 37.4 cm³/mol. The lowest BCUT2D eigenvalue weighted by atomic mass is 10.2. The lowest BCUT2D eigenvalue weighted by molar-refractivity contribution is -0.111. The highest BCUT2D eigenvalue weighted by Gasteiger charge is 2.00. The zero-order valence-electron chi connectivity index (χ0n) is 5.31. The highest BCUT2D eigenvalue weighted by atomic mass is 32.2. The van der Waals surface area contributed by atoms with Gasteiger partial charge < -0.3 is 0 Å². The van der Waals surface area contributed by atoms with Crippen molar-refractivity contribution in [1.29, 1.82) is 0 Å². The first kappa shape index (κ1) is 8.02. The van der Waals surface area contributed by atoms with E-state index >= 15 is 0 Å². The van der Waals surface area contributed by atoms with Crippen molar-refractivity contribution in [3.05, 3.63) is 6.26 Å². The minimum atomic E-state index is 0.181. The predicted octanol–water partition coefficient (Wildman–Crippen LogP) is 2.08. The van der Waals surface area contributed by atoms with Gasteiger partial charge in [0.2, 0.25) is 0 Å². The van der Waals surface area contributed by atoms with Crippen molar-refractivity contribution in [2.45, 2.75) is 20.3 Å². The van der Waals surface area contributed by atoms with Crippen LogP contribution in [-0.4, -0.2) is 5.12 Å². The van der Waals surface area contributed by atoms with Crippen LogP contribution < -0.4 is 0 Å². The summed E-state index contributed by atoms with van der Waals surface area (Å²) in [6.45, 7) is 4.04. The third-order valence-corrected chi connectivity index (χ3v) is 1.22. The molecule has 8 heavy (non-hydrogen) atoms. The number of hydrogen-bond donors (Lipinski definition) is 0. The van der Waals surface area contributed by atoms with Gasteiger partial charge in [-0.25, -0.2) is 0 Å². The van der Waals surface area contributed by atoms with Gasteiger partial charge in [0.1, 0.15) is 0 Å². The Kier molecular flexibility index (Phi) is 3.97. The maximum Gasteiger partial charge on any atom is 0.189 e. The highest BCUT2D eigenvalue weighted by Crippen LogP contribution is 2.08. The summed E-state index contributed by atoms with van der Waals surface area (Å²) in [5.74, 6) is 0.469. The Balaban J connectivity index is 3.25. The lowest BCUT2D eigenvalue weighted by Gasteiger charge is -1.97. The van der Waals surface area contributed by atoms with Gasteiger partial charge in [0, 0.05) is 12.7 Å². The van der Waals surface area contributed by atoms with Crippen molar-refractivity contribution in [2.24, 2.45) is 5.92 Å².